The summed E-state index contributed by atoms with van der Waals surface area (Å²) < 4.78 is 10.3. The smallest absolute Gasteiger partial charge is 0.343 e. The lowest BCUT2D eigenvalue weighted by atomic mass is 10.0. The zero-order valence-electron chi connectivity index (χ0n) is 12.9. The van der Waals surface area contributed by atoms with Gasteiger partial charge >= 0.3 is 5.97 Å². The fourth-order valence-corrected chi connectivity index (χ4v) is 2.04. The Morgan fingerprint density at radius 3 is 2.45 bits per heavy atom. The van der Waals surface area contributed by atoms with E-state index in [2.05, 4.69) is 4.98 Å². The predicted octanol–water partition coefficient (Wildman–Crippen LogP) is 2.65. The molecule has 2 aromatic rings. The molecule has 5 heteroatoms. The second-order valence-electron chi connectivity index (χ2n) is 5.16. The number of esters is 1. The molecule has 0 radical (unpaired) electrons. The number of ether oxygens (including phenoxy) is 2. The quantitative estimate of drug-likeness (QED) is 0.862. The van der Waals surface area contributed by atoms with E-state index in [0.717, 1.165) is 11.3 Å². The Hall–Kier alpha value is -2.56. The summed E-state index contributed by atoms with van der Waals surface area (Å²) in [7, 11) is 1.61. The number of aromatic nitrogens is 1. The maximum absolute atomic E-state index is 12.0. The molecule has 0 aliphatic heterocycles. The van der Waals surface area contributed by atoms with E-state index in [1.807, 2.05) is 31.2 Å². The van der Waals surface area contributed by atoms with Crippen molar-refractivity contribution in [1.82, 2.24) is 4.98 Å². The molecule has 0 amide bonds. The summed E-state index contributed by atoms with van der Waals surface area (Å²) in [5.41, 5.74) is 1.33. The topological polar surface area (TPSA) is 68.4 Å². The van der Waals surface area contributed by atoms with Crippen molar-refractivity contribution >= 4 is 5.97 Å². The molecule has 22 heavy (non-hydrogen) atoms. The molecule has 1 heterocycles. The van der Waals surface area contributed by atoms with Crippen LogP contribution in [0.25, 0.3) is 0 Å². The fraction of sp³-hybridized carbons (Fsp3) is 0.294. The van der Waals surface area contributed by atoms with Gasteiger partial charge in [0.25, 0.3) is 5.56 Å². The lowest BCUT2D eigenvalue weighted by Gasteiger charge is -2.13. The van der Waals surface area contributed by atoms with E-state index in [0.29, 0.717) is 5.69 Å². The molecular weight excluding hydrogens is 282 g/mol. The monoisotopic (exact) mass is 301 g/mol. The van der Waals surface area contributed by atoms with Crippen molar-refractivity contribution in [3.05, 3.63) is 63.6 Å². The number of carbonyl (C=O) groups excluding carboxylic acids is 1. The van der Waals surface area contributed by atoms with Gasteiger partial charge in [0, 0.05) is 11.6 Å². The second kappa shape index (κ2) is 6.93. The average molecular weight is 301 g/mol. The van der Waals surface area contributed by atoms with Crippen LogP contribution in [0.4, 0.5) is 0 Å². The van der Waals surface area contributed by atoms with Crippen LogP contribution in [0.2, 0.25) is 0 Å². The Morgan fingerprint density at radius 1 is 1.18 bits per heavy atom. The van der Waals surface area contributed by atoms with Crippen LogP contribution >= 0.6 is 0 Å². The molecule has 0 bridgehead atoms. The number of nitrogens with one attached hydrogen (secondary N) is 1. The SMILES string of the molecule is COc1ccc(C(C)COC(=O)c2ccc(C)[nH]c2=O)cc1. The van der Waals surface area contributed by atoms with Gasteiger partial charge < -0.3 is 14.5 Å². The van der Waals surface area contributed by atoms with Gasteiger partial charge in [-0.2, -0.15) is 0 Å². The Kier molecular flexibility index (Phi) is 4.99. The van der Waals surface area contributed by atoms with Crippen molar-refractivity contribution in [1.29, 1.82) is 0 Å². The molecule has 1 atom stereocenters. The molecule has 1 unspecified atom stereocenters. The number of carbonyl (C=O) groups is 1. The molecule has 1 N–H and O–H groups in total. The Balaban J connectivity index is 1.99. The minimum absolute atomic E-state index is 0.0209. The zero-order chi connectivity index (χ0) is 16.1. The minimum atomic E-state index is -0.610. The lowest BCUT2D eigenvalue weighted by molar-refractivity contribution is 0.0483. The summed E-state index contributed by atoms with van der Waals surface area (Å²) >= 11 is 0. The Bertz CT molecular complexity index is 703. The molecule has 0 fully saturated rings. The van der Waals surface area contributed by atoms with Gasteiger partial charge in [-0.1, -0.05) is 19.1 Å². The molecule has 0 spiro atoms. The van der Waals surface area contributed by atoms with Crippen molar-refractivity contribution in [2.24, 2.45) is 0 Å². The van der Waals surface area contributed by atoms with Crippen molar-refractivity contribution in [2.45, 2.75) is 19.8 Å². The molecular formula is C17H19NO4. The highest BCUT2D eigenvalue weighted by Crippen LogP contribution is 2.19. The third-order valence-electron chi connectivity index (χ3n) is 3.42. The summed E-state index contributed by atoms with van der Waals surface area (Å²) in [5.74, 6) is 0.195. The second-order valence-corrected chi connectivity index (χ2v) is 5.16. The predicted molar refractivity (Wildman–Crippen MR) is 83.5 cm³/mol. The number of aryl methyl sites for hydroxylation is 1. The number of hydrogen-bond acceptors (Lipinski definition) is 4. The number of pyridine rings is 1. The summed E-state index contributed by atoms with van der Waals surface area (Å²) in [6, 6.07) is 10.7. The first kappa shape index (κ1) is 15.8. The van der Waals surface area contributed by atoms with Gasteiger partial charge in [0.15, 0.2) is 0 Å². The van der Waals surface area contributed by atoms with E-state index < -0.39 is 11.5 Å². The average Bonchev–Trinajstić information content (AvgIpc) is 2.52. The highest BCUT2D eigenvalue weighted by Gasteiger charge is 2.14. The molecule has 0 saturated carbocycles. The molecule has 1 aromatic heterocycles. The Labute approximate surface area is 128 Å². The zero-order valence-corrected chi connectivity index (χ0v) is 12.9. The lowest BCUT2D eigenvalue weighted by Crippen LogP contribution is -2.21. The van der Waals surface area contributed by atoms with Gasteiger partial charge in [0.2, 0.25) is 0 Å². The van der Waals surface area contributed by atoms with Crippen LogP contribution in [0.1, 0.15) is 34.5 Å². The largest absolute Gasteiger partial charge is 0.497 e. The van der Waals surface area contributed by atoms with E-state index >= 15 is 0 Å². The minimum Gasteiger partial charge on any atom is -0.497 e. The first-order valence-electron chi connectivity index (χ1n) is 7.02. The van der Waals surface area contributed by atoms with Crippen LogP contribution in [0.15, 0.2) is 41.2 Å². The number of aromatic amines is 1. The van der Waals surface area contributed by atoms with Gasteiger partial charge in [-0.3, -0.25) is 4.79 Å². The van der Waals surface area contributed by atoms with Gasteiger partial charge in [-0.15, -0.1) is 0 Å². The normalized spacial score (nSPS) is 11.8. The number of benzene rings is 1. The molecule has 2 rings (SSSR count). The summed E-state index contributed by atoms with van der Waals surface area (Å²) in [6.07, 6.45) is 0. The number of rotatable bonds is 5. The van der Waals surface area contributed by atoms with Crippen molar-refractivity contribution < 1.29 is 14.3 Å². The standard InChI is InChI=1S/C17H19NO4/c1-11(13-5-7-14(21-3)8-6-13)10-22-17(20)15-9-4-12(2)18-16(15)19/h4-9,11H,10H2,1-3H3,(H,18,19). The summed E-state index contributed by atoms with van der Waals surface area (Å²) in [6.45, 7) is 3.91. The first-order chi connectivity index (χ1) is 10.5. The molecule has 116 valence electrons. The highest BCUT2D eigenvalue weighted by molar-refractivity contribution is 5.88. The Morgan fingerprint density at radius 2 is 1.86 bits per heavy atom. The number of H-pyrrole nitrogens is 1. The van der Waals surface area contributed by atoms with Crippen LogP contribution in [-0.4, -0.2) is 24.7 Å². The van der Waals surface area contributed by atoms with E-state index in [1.165, 1.54) is 6.07 Å². The number of hydrogen-bond donors (Lipinski definition) is 1. The molecule has 1 aromatic carbocycles. The maximum atomic E-state index is 12.0. The van der Waals surface area contributed by atoms with Crippen LogP contribution in [0, 0.1) is 6.92 Å². The maximum Gasteiger partial charge on any atom is 0.343 e. The van der Waals surface area contributed by atoms with E-state index in [9.17, 15) is 9.59 Å². The van der Waals surface area contributed by atoms with Crippen molar-refractivity contribution in [3.63, 3.8) is 0 Å². The fourth-order valence-electron chi connectivity index (χ4n) is 2.04. The third kappa shape index (κ3) is 3.75. The molecule has 0 aliphatic rings. The molecule has 0 saturated heterocycles. The van der Waals surface area contributed by atoms with Crippen molar-refractivity contribution in [3.8, 4) is 5.75 Å². The third-order valence-corrected chi connectivity index (χ3v) is 3.42. The van der Waals surface area contributed by atoms with Crippen LogP contribution in [0.3, 0.4) is 0 Å². The number of methoxy groups -OCH3 is 1. The van der Waals surface area contributed by atoms with E-state index in [4.69, 9.17) is 9.47 Å². The van der Waals surface area contributed by atoms with Crippen LogP contribution in [0.5, 0.6) is 5.75 Å². The highest BCUT2D eigenvalue weighted by atomic mass is 16.5. The van der Waals surface area contributed by atoms with Crippen LogP contribution in [-0.2, 0) is 4.74 Å². The van der Waals surface area contributed by atoms with E-state index in [-0.39, 0.29) is 18.1 Å². The van der Waals surface area contributed by atoms with Crippen LogP contribution < -0.4 is 10.3 Å². The van der Waals surface area contributed by atoms with Gasteiger partial charge in [0.05, 0.1) is 13.7 Å². The molecule has 5 nitrogen and oxygen atoms in total. The van der Waals surface area contributed by atoms with Crippen molar-refractivity contribution in [2.75, 3.05) is 13.7 Å². The summed E-state index contributed by atoms with van der Waals surface area (Å²) in [5, 5.41) is 0. The van der Waals surface area contributed by atoms with Gasteiger partial charge in [0.1, 0.15) is 11.3 Å². The van der Waals surface area contributed by atoms with Gasteiger partial charge in [-0.25, -0.2) is 4.79 Å². The van der Waals surface area contributed by atoms with E-state index in [1.54, 1.807) is 20.1 Å². The molecule has 0 aliphatic carbocycles. The van der Waals surface area contributed by atoms with Gasteiger partial charge in [-0.05, 0) is 36.8 Å². The summed E-state index contributed by atoms with van der Waals surface area (Å²) in [4.78, 5) is 26.2. The first-order valence-corrected chi connectivity index (χ1v) is 7.02.